The van der Waals surface area contributed by atoms with Crippen LogP contribution in [-0.2, 0) is 11.2 Å². The highest BCUT2D eigenvalue weighted by Crippen LogP contribution is 2.36. The SMILES string of the molecule is CCOc1cc([C@@H](Cc2ccccn2)N2CCC[C@H]2C(=O)O)ccc1OC. The number of benzene rings is 1. The molecule has 2 atom stereocenters. The number of ether oxygens (including phenoxy) is 2. The molecule has 1 aliphatic heterocycles. The fourth-order valence-electron chi connectivity index (χ4n) is 3.74. The maximum atomic E-state index is 11.8. The molecule has 1 aliphatic rings. The summed E-state index contributed by atoms with van der Waals surface area (Å²) in [6, 6.07) is 11.1. The van der Waals surface area contributed by atoms with Gasteiger partial charge in [-0.15, -0.1) is 0 Å². The number of likely N-dealkylation sites (tertiary alicyclic amines) is 1. The third kappa shape index (κ3) is 4.39. The summed E-state index contributed by atoms with van der Waals surface area (Å²) in [7, 11) is 1.61. The molecular formula is C21H26N2O4. The van der Waals surface area contributed by atoms with Gasteiger partial charge in [0, 0.05) is 24.4 Å². The number of aliphatic carboxylic acids is 1. The van der Waals surface area contributed by atoms with Crippen molar-refractivity contribution >= 4 is 5.97 Å². The predicted molar refractivity (Wildman–Crippen MR) is 102 cm³/mol. The highest BCUT2D eigenvalue weighted by Gasteiger charge is 2.36. The summed E-state index contributed by atoms with van der Waals surface area (Å²) >= 11 is 0. The molecule has 6 nitrogen and oxygen atoms in total. The summed E-state index contributed by atoms with van der Waals surface area (Å²) in [6.07, 6.45) is 3.96. The first-order valence-electron chi connectivity index (χ1n) is 9.33. The molecule has 27 heavy (non-hydrogen) atoms. The van der Waals surface area contributed by atoms with E-state index in [0.29, 0.717) is 30.9 Å². The Morgan fingerprint density at radius 3 is 2.85 bits per heavy atom. The van der Waals surface area contributed by atoms with Crippen LogP contribution in [0.15, 0.2) is 42.6 Å². The second kappa shape index (κ2) is 8.86. The first-order valence-corrected chi connectivity index (χ1v) is 9.33. The zero-order valence-corrected chi connectivity index (χ0v) is 15.8. The van der Waals surface area contributed by atoms with Gasteiger partial charge < -0.3 is 14.6 Å². The van der Waals surface area contributed by atoms with Crippen LogP contribution < -0.4 is 9.47 Å². The van der Waals surface area contributed by atoms with Crippen molar-refractivity contribution in [1.29, 1.82) is 0 Å². The number of methoxy groups -OCH3 is 1. The van der Waals surface area contributed by atoms with Crippen molar-refractivity contribution < 1.29 is 19.4 Å². The van der Waals surface area contributed by atoms with Crippen LogP contribution >= 0.6 is 0 Å². The van der Waals surface area contributed by atoms with Crippen LogP contribution in [0.25, 0.3) is 0 Å². The first kappa shape index (κ1) is 19.2. The van der Waals surface area contributed by atoms with E-state index in [4.69, 9.17) is 9.47 Å². The molecule has 2 aromatic rings. The topological polar surface area (TPSA) is 71.9 Å². The molecule has 0 aliphatic carbocycles. The van der Waals surface area contributed by atoms with Crippen LogP contribution in [0.3, 0.4) is 0 Å². The van der Waals surface area contributed by atoms with Crippen LogP contribution in [0, 0.1) is 0 Å². The number of carboxylic acid groups (broad SMARTS) is 1. The van der Waals surface area contributed by atoms with Gasteiger partial charge in [-0.1, -0.05) is 12.1 Å². The van der Waals surface area contributed by atoms with Gasteiger partial charge in [-0.3, -0.25) is 14.7 Å². The van der Waals surface area contributed by atoms with E-state index >= 15 is 0 Å². The average molecular weight is 370 g/mol. The third-order valence-electron chi connectivity index (χ3n) is 4.98. The van der Waals surface area contributed by atoms with Crippen molar-refractivity contribution in [3.05, 3.63) is 53.9 Å². The Kier molecular flexibility index (Phi) is 6.29. The molecule has 2 heterocycles. The molecule has 1 aromatic heterocycles. The molecule has 0 saturated carbocycles. The molecule has 1 aromatic carbocycles. The lowest BCUT2D eigenvalue weighted by molar-refractivity contribution is -0.143. The van der Waals surface area contributed by atoms with Crippen LogP contribution in [0.5, 0.6) is 11.5 Å². The maximum Gasteiger partial charge on any atom is 0.320 e. The molecule has 1 saturated heterocycles. The Balaban J connectivity index is 1.98. The van der Waals surface area contributed by atoms with E-state index in [1.165, 1.54) is 0 Å². The standard InChI is InChI=1S/C21H26N2O4/c1-3-27-20-13-15(9-10-19(20)26-2)18(14-16-7-4-5-11-22-16)23-12-6-8-17(23)21(24)25/h4-5,7,9-11,13,17-18H,3,6,8,12,14H2,1-2H3,(H,24,25)/t17-,18+/m0/s1. The number of carboxylic acids is 1. The Morgan fingerprint density at radius 1 is 1.33 bits per heavy atom. The minimum atomic E-state index is -0.767. The van der Waals surface area contributed by atoms with Crippen molar-refractivity contribution in [2.24, 2.45) is 0 Å². The number of nitrogens with zero attached hydrogens (tertiary/aromatic N) is 2. The molecule has 0 bridgehead atoms. The normalized spacial score (nSPS) is 18.2. The smallest absolute Gasteiger partial charge is 0.320 e. The molecule has 1 N–H and O–H groups in total. The molecule has 0 amide bonds. The van der Waals surface area contributed by atoms with Gasteiger partial charge in [-0.2, -0.15) is 0 Å². The molecule has 1 fully saturated rings. The monoisotopic (exact) mass is 370 g/mol. The summed E-state index contributed by atoms with van der Waals surface area (Å²) in [5.74, 6) is 0.583. The summed E-state index contributed by atoms with van der Waals surface area (Å²) in [5, 5.41) is 9.66. The van der Waals surface area contributed by atoms with E-state index in [0.717, 1.165) is 24.2 Å². The first-order chi connectivity index (χ1) is 13.1. The van der Waals surface area contributed by atoms with Crippen LogP contribution in [-0.4, -0.2) is 47.3 Å². The van der Waals surface area contributed by atoms with Crippen molar-refractivity contribution in [1.82, 2.24) is 9.88 Å². The van der Waals surface area contributed by atoms with Gasteiger partial charge in [0.1, 0.15) is 6.04 Å². The summed E-state index contributed by atoms with van der Waals surface area (Å²) in [5.41, 5.74) is 1.95. The number of hydrogen-bond donors (Lipinski definition) is 1. The Hall–Kier alpha value is -2.60. The highest BCUT2D eigenvalue weighted by atomic mass is 16.5. The Morgan fingerprint density at radius 2 is 2.19 bits per heavy atom. The fraction of sp³-hybridized carbons (Fsp3) is 0.429. The van der Waals surface area contributed by atoms with Crippen molar-refractivity contribution in [3.63, 3.8) is 0 Å². The van der Waals surface area contributed by atoms with E-state index in [-0.39, 0.29) is 6.04 Å². The van der Waals surface area contributed by atoms with Gasteiger partial charge in [-0.25, -0.2) is 0 Å². The maximum absolute atomic E-state index is 11.8. The zero-order valence-electron chi connectivity index (χ0n) is 15.8. The number of hydrogen-bond acceptors (Lipinski definition) is 5. The van der Waals surface area contributed by atoms with Gasteiger partial charge in [-0.05, 0) is 56.1 Å². The van der Waals surface area contributed by atoms with E-state index < -0.39 is 12.0 Å². The molecule has 144 valence electrons. The molecule has 0 radical (unpaired) electrons. The Bertz CT molecular complexity index is 766. The van der Waals surface area contributed by atoms with Gasteiger partial charge >= 0.3 is 5.97 Å². The van der Waals surface area contributed by atoms with Crippen LogP contribution in [0.1, 0.15) is 37.1 Å². The van der Waals surface area contributed by atoms with Gasteiger partial charge in [0.25, 0.3) is 0 Å². The molecule has 0 spiro atoms. The van der Waals surface area contributed by atoms with E-state index in [1.54, 1.807) is 13.3 Å². The second-order valence-electron chi connectivity index (χ2n) is 6.62. The number of pyridine rings is 1. The number of carbonyl (C=O) groups is 1. The average Bonchev–Trinajstić information content (AvgIpc) is 3.17. The largest absolute Gasteiger partial charge is 0.493 e. The predicted octanol–water partition coefficient (Wildman–Crippen LogP) is 3.32. The van der Waals surface area contributed by atoms with Crippen LogP contribution in [0.2, 0.25) is 0 Å². The third-order valence-corrected chi connectivity index (χ3v) is 4.98. The van der Waals surface area contributed by atoms with E-state index in [9.17, 15) is 9.90 Å². The molecule has 0 unspecified atom stereocenters. The molecule has 3 rings (SSSR count). The second-order valence-corrected chi connectivity index (χ2v) is 6.62. The van der Waals surface area contributed by atoms with E-state index in [1.807, 2.05) is 43.3 Å². The highest BCUT2D eigenvalue weighted by molar-refractivity contribution is 5.74. The fourth-order valence-corrected chi connectivity index (χ4v) is 3.74. The summed E-state index contributed by atoms with van der Waals surface area (Å²) in [6.45, 7) is 3.22. The lowest BCUT2D eigenvalue weighted by atomic mass is 9.98. The summed E-state index contributed by atoms with van der Waals surface area (Å²) in [4.78, 5) is 18.3. The molecule has 6 heteroatoms. The number of rotatable bonds is 8. The van der Waals surface area contributed by atoms with E-state index in [2.05, 4.69) is 9.88 Å². The quantitative estimate of drug-likeness (QED) is 0.769. The molecular weight excluding hydrogens is 344 g/mol. The van der Waals surface area contributed by atoms with Crippen molar-refractivity contribution in [3.8, 4) is 11.5 Å². The van der Waals surface area contributed by atoms with Crippen molar-refractivity contribution in [2.45, 2.75) is 38.3 Å². The summed E-state index contributed by atoms with van der Waals surface area (Å²) < 4.78 is 11.1. The lowest BCUT2D eigenvalue weighted by Gasteiger charge is -2.32. The van der Waals surface area contributed by atoms with Crippen LogP contribution in [0.4, 0.5) is 0 Å². The zero-order chi connectivity index (χ0) is 19.2. The number of aromatic nitrogens is 1. The minimum absolute atomic E-state index is 0.0892. The minimum Gasteiger partial charge on any atom is -0.493 e. The Labute approximate surface area is 159 Å². The van der Waals surface area contributed by atoms with Gasteiger partial charge in [0.2, 0.25) is 0 Å². The van der Waals surface area contributed by atoms with Gasteiger partial charge in [0.05, 0.1) is 13.7 Å². The lowest BCUT2D eigenvalue weighted by Crippen LogP contribution is -2.39. The van der Waals surface area contributed by atoms with Gasteiger partial charge in [0.15, 0.2) is 11.5 Å². The van der Waals surface area contributed by atoms with Crippen molar-refractivity contribution in [2.75, 3.05) is 20.3 Å².